The van der Waals surface area contributed by atoms with Gasteiger partial charge >= 0.3 is 0 Å². The number of methoxy groups -OCH3 is 1. The Kier molecular flexibility index (Phi) is 17.5. The molecule has 18 heteroatoms. The van der Waals surface area contributed by atoms with Crippen LogP contribution in [0.4, 0.5) is 17.5 Å². The largest absolute Gasteiger partial charge is 0.507 e. The summed E-state index contributed by atoms with van der Waals surface area (Å²) in [6, 6.07) is 13.4. The maximum absolute atomic E-state index is 14.4. The smallest absolute Gasteiger partial charge is 0.246 e. The maximum atomic E-state index is 14.4. The number of aromatic hydroxyl groups is 1. The first kappa shape index (κ1) is 55.2. The van der Waals surface area contributed by atoms with Crippen molar-refractivity contribution in [1.29, 1.82) is 0 Å². The van der Waals surface area contributed by atoms with Crippen LogP contribution in [0.5, 0.6) is 11.5 Å². The van der Waals surface area contributed by atoms with E-state index in [-0.39, 0.29) is 54.3 Å². The van der Waals surface area contributed by atoms with Crippen LogP contribution in [-0.2, 0) is 25.7 Å². The van der Waals surface area contributed by atoms with Crippen LogP contribution in [0.3, 0.4) is 0 Å². The number of aliphatic hydroxyl groups excluding tert-OH is 1. The maximum Gasteiger partial charge on any atom is 0.246 e. The fourth-order valence-corrected chi connectivity index (χ4v) is 12.3. The Morgan fingerprint density at radius 3 is 2.30 bits per heavy atom. The molecule has 5 N–H and O–H groups in total. The predicted octanol–water partition coefficient (Wildman–Crippen LogP) is 6.12. The first-order chi connectivity index (χ1) is 37.1. The van der Waals surface area contributed by atoms with Crippen LogP contribution < -0.4 is 30.5 Å². The lowest BCUT2D eigenvalue weighted by atomic mass is 9.56. The number of likely N-dealkylation sites (tertiary alicyclic amines) is 2. The number of hydrogen-bond acceptors (Lipinski definition) is 15. The van der Waals surface area contributed by atoms with Crippen LogP contribution in [0.25, 0.3) is 11.3 Å². The molecule has 5 aliphatic rings. The minimum atomic E-state index is -0.897. The predicted molar refractivity (Wildman–Crippen MR) is 296 cm³/mol. The molecule has 5 fully saturated rings. The zero-order valence-corrected chi connectivity index (χ0v) is 45.7. The molecule has 2 saturated carbocycles. The second-order valence-corrected chi connectivity index (χ2v) is 23.0. The minimum Gasteiger partial charge on any atom is -0.507 e. The lowest BCUT2D eigenvalue weighted by Crippen LogP contribution is -2.59. The van der Waals surface area contributed by atoms with Gasteiger partial charge in [-0.15, -0.1) is 16.6 Å². The number of para-hydroxylation sites is 1. The Morgan fingerprint density at radius 1 is 0.909 bits per heavy atom. The molecule has 0 unspecified atom stereocenters. The number of ether oxygens (including phenoxy) is 2. The van der Waals surface area contributed by atoms with E-state index in [0.29, 0.717) is 54.2 Å². The second kappa shape index (κ2) is 24.4. The Morgan fingerprint density at radius 2 is 1.62 bits per heavy atom. The average molecular weight is 1050 g/mol. The van der Waals surface area contributed by atoms with Gasteiger partial charge in [0.05, 0.1) is 24.1 Å². The van der Waals surface area contributed by atoms with Crippen LogP contribution in [0.15, 0.2) is 60.9 Å². The van der Waals surface area contributed by atoms with E-state index in [1.165, 1.54) is 10.5 Å². The molecule has 2 aliphatic carbocycles. The van der Waals surface area contributed by atoms with Crippen molar-refractivity contribution in [1.82, 2.24) is 40.6 Å². The summed E-state index contributed by atoms with van der Waals surface area (Å²) in [7, 11) is 1.63. The molecular weight excluding hydrogens is 975 g/mol. The van der Waals surface area contributed by atoms with Crippen molar-refractivity contribution in [2.45, 2.75) is 129 Å². The number of terminal acetylenes is 1. The van der Waals surface area contributed by atoms with Gasteiger partial charge in [0.2, 0.25) is 23.7 Å². The van der Waals surface area contributed by atoms with E-state index < -0.39 is 23.6 Å². The van der Waals surface area contributed by atoms with E-state index in [4.69, 9.17) is 25.9 Å². The van der Waals surface area contributed by atoms with Crippen molar-refractivity contribution >= 4 is 35.2 Å². The van der Waals surface area contributed by atoms with Crippen LogP contribution in [0.2, 0.25) is 0 Å². The van der Waals surface area contributed by atoms with Crippen molar-refractivity contribution < 1.29 is 34.1 Å². The third-order valence-corrected chi connectivity index (χ3v) is 16.8. The number of hydrogen-bond donors (Lipinski definition) is 5. The number of carbonyl (C=O) groups is 3. The second-order valence-electron chi connectivity index (χ2n) is 23.0. The Hall–Kier alpha value is -6.55. The normalized spacial score (nSPS) is 23.5. The lowest BCUT2D eigenvalue weighted by molar-refractivity contribution is -0.145. The molecule has 3 amide bonds. The number of phenols is 1. The Balaban J connectivity index is 0.714. The van der Waals surface area contributed by atoms with E-state index >= 15 is 0 Å². The number of aromatic nitrogens is 4. The van der Waals surface area contributed by atoms with E-state index in [9.17, 15) is 24.6 Å². The van der Waals surface area contributed by atoms with Crippen LogP contribution >= 0.6 is 0 Å². The van der Waals surface area contributed by atoms with Gasteiger partial charge in [0.1, 0.15) is 23.6 Å². The molecule has 3 atom stereocenters. The molecule has 412 valence electrons. The molecule has 5 heterocycles. The summed E-state index contributed by atoms with van der Waals surface area (Å²) in [6.45, 7) is 14.8. The van der Waals surface area contributed by atoms with E-state index in [1.807, 2.05) is 64.4 Å². The molecule has 3 aliphatic heterocycles. The van der Waals surface area contributed by atoms with Gasteiger partial charge in [-0.05, 0) is 124 Å². The first-order valence-corrected chi connectivity index (χ1v) is 27.9. The molecule has 77 heavy (non-hydrogen) atoms. The average Bonchev–Trinajstić information content (AvgIpc) is 3.85. The van der Waals surface area contributed by atoms with Crippen LogP contribution in [0, 0.1) is 29.1 Å². The highest BCUT2D eigenvalue weighted by Crippen LogP contribution is 2.55. The van der Waals surface area contributed by atoms with Crippen molar-refractivity contribution in [3.05, 3.63) is 77.6 Å². The molecular formula is C59H79N11O7. The molecule has 2 aromatic heterocycles. The number of benzene rings is 2. The van der Waals surface area contributed by atoms with Crippen LogP contribution in [0.1, 0.15) is 115 Å². The number of β-amino-alcohol motifs (C(OH)–C–C–N with tert-alkyl or cyclic N) is 1. The van der Waals surface area contributed by atoms with Gasteiger partial charge in [-0.25, -0.2) is 9.97 Å². The summed E-state index contributed by atoms with van der Waals surface area (Å²) < 4.78 is 11.1. The quantitative estimate of drug-likeness (QED) is 0.0562. The van der Waals surface area contributed by atoms with Crippen LogP contribution in [-0.4, -0.2) is 155 Å². The zero-order valence-electron chi connectivity index (χ0n) is 45.7. The molecule has 9 rings (SSSR count). The zero-order chi connectivity index (χ0) is 54.3. The molecule has 0 bridgehead atoms. The number of phenolic OH excluding ortho intramolecular Hbond substituents is 1. The van der Waals surface area contributed by atoms with Crippen molar-refractivity contribution in [3.8, 4) is 35.1 Å². The lowest BCUT2D eigenvalue weighted by Gasteiger charge is -2.55. The van der Waals surface area contributed by atoms with Gasteiger partial charge in [-0.2, -0.15) is 0 Å². The van der Waals surface area contributed by atoms with Gasteiger partial charge in [-0.3, -0.25) is 14.4 Å². The first-order valence-electron chi connectivity index (χ1n) is 27.9. The number of aliphatic hydroxyl groups is 1. The topological polar surface area (TPSA) is 211 Å². The van der Waals surface area contributed by atoms with Crippen molar-refractivity contribution in [2.24, 2.45) is 16.7 Å². The van der Waals surface area contributed by atoms with Gasteiger partial charge in [0.25, 0.3) is 0 Å². The summed E-state index contributed by atoms with van der Waals surface area (Å²) in [5.74, 6) is 4.23. The molecule has 4 aromatic rings. The summed E-state index contributed by atoms with van der Waals surface area (Å²) >= 11 is 0. The molecule has 0 radical (unpaired) electrons. The summed E-state index contributed by atoms with van der Waals surface area (Å²) in [6.07, 6.45) is 17.7. The third kappa shape index (κ3) is 12.9. The highest BCUT2D eigenvalue weighted by molar-refractivity contribution is 5.93. The third-order valence-electron chi connectivity index (χ3n) is 16.8. The fourth-order valence-electron chi connectivity index (χ4n) is 12.3. The number of nitrogens with one attached hydrogen (secondary N) is 3. The number of nitrogens with zero attached hydrogens (tertiary/aromatic N) is 8. The monoisotopic (exact) mass is 1050 g/mol. The molecule has 2 aromatic carbocycles. The number of rotatable bonds is 18. The summed E-state index contributed by atoms with van der Waals surface area (Å²) in [5.41, 5.74) is 4.46. The Bertz CT molecular complexity index is 2710. The molecule has 1 spiro atoms. The van der Waals surface area contributed by atoms with Crippen molar-refractivity contribution in [3.63, 3.8) is 0 Å². The number of anilines is 3. The number of piperidine rings is 1. The van der Waals surface area contributed by atoms with Gasteiger partial charge < -0.3 is 55.2 Å². The van der Waals surface area contributed by atoms with Gasteiger partial charge in [0.15, 0.2) is 5.82 Å². The van der Waals surface area contributed by atoms with Gasteiger partial charge in [0, 0.05) is 113 Å². The highest BCUT2D eigenvalue weighted by atomic mass is 16.5. The molecule has 18 nitrogen and oxygen atoms in total. The van der Waals surface area contributed by atoms with E-state index in [1.54, 1.807) is 31.4 Å². The SMILES string of the molecule is C#Cc1ccc(CNC(=O)[C@@H]2C[C@@H](O)CN2C(=O)[C@@H](NC(=O)C2CCC3(CC2)CC(N2CCC(c4cnc(N5CCN(c6cc(-c7ccccc7O)nnc6NCC)CC5)nc4)CC2)C3)C(C)(C)C)c(OCCCOC)c1. The fraction of sp³-hybridized carbons (Fsp3) is 0.576. The van der Waals surface area contributed by atoms with E-state index in [0.717, 1.165) is 120 Å². The Labute approximate surface area is 454 Å². The number of piperazine rings is 1. The summed E-state index contributed by atoms with van der Waals surface area (Å²) in [5, 5.41) is 39.7. The van der Waals surface area contributed by atoms with Gasteiger partial charge in [-0.1, -0.05) is 44.9 Å². The minimum absolute atomic E-state index is 0.00715. The standard InChI is InChI=1S/C59H79N11O7/c1-7-39-14-15-42(51(30-39)77-29-11-28-76-6)35-61-55(74)49-31-45(71)38-70(49)56(75)52(58(3,4)5)64-54(73)41-16-20-59(21-17-41)33-44(34-59)67-22-18-40(19-23-67)43-36-62-57(63-37-43)69-26-24-68(25-27-69)48-32-47(65-66-53(48)60-8-2)46-12-9-10-13-50(46)72/h1,9-10,12-15,30,32,36-37,40-41,44-45,49,52,71-72H,8,11,16-29,31,33-35,38H2,2-6H3,(H,60,66)(H,61,74)(H,64,73)/t41?,44?,45-,49+,52-,59?/m1/s1. The summed E-state index contributed by atoms with van der Waals surface area (Å²) in [4.78, 5) is 60.7. The molecule has 3 saturated heterocycles. The van der Waals surface area contributed by atoms with E-state index in [2.05, 4.69) is 46.8 Å². The highest BCUT2D eigenvalue weighted by Gasteiger charge is 2.50. The number of amides is 3. The van der Waals surface area contributed by atoms with Crippen molar-refractivity contribution in [2.75, 3.05) is 87.8 Å². The number of carbonyl (C=O) groups excluding carboxylic acids is 3.